The fourth-order valence-electron chi connectivity index (χ4n) is 2.00. The number of ether oxygens (including phenoxy) is 2. The molecule has 0 aliphatic carbocycles. The lowest BCUT2D eigenvalue weighted by atomic mass is 10.1. The van der Waals surface area contributed by atoms with Crippen LogP contribution in [-0.4, -0.2) is 20.3 Å². The van der Waals surface area contributed by atoms with Crippen molar-refractivity contribution >= 4 is 5.69 Å². The molecule has 0 amide bonds. The van der Waals surface area contributed by atoms with Crippen LogP contribution in [0.15, 0.2) is 42.5 Å². The lowest BCUT2D eigenvalue weighted by Gasteiger charge is -2.13. The van der Waals surface area contributed by atoms with E-state index in [1.54, 1.807) is 7.11 Å². The van der Waals surface area contributed by atoms with Crippen LogP contribution in [0.2, 0.25) is 0 Å². The Morgan fingerprint density at radius 1 is 1.00 bits per heavy atom. The normalized spacial score (nSPS) is 10.2. The van der Waals surface area contributed by atoms with Crippen molar-refractivity contribution in [1.29, 1.82) is 0 Å². The average molecular weight is 271 g/mol. The topological polar surface area (TPSA) is 30.5 Å². The Labute approximate surface area is 120 Å². The van der Waals surface area contributed by atoms with E-state index >= 15 is 0 Å². The largest absolute Gasteiger partial charge is 0.495 e. The van der Waals surface area contributed by atoms with Crippen molar-refractivity contribution in [3.05, 3.63) is 53.6 Å². The fourth-order valence-corrected chi connectivity index (χ4v) is 2.00. The maximum Gasteiger partial charge on any atom is 0.141 e. The van der Waals surface area contributed by atoms with Gasteiger partial charge in [-0.3, -0.25) is 0 Å². The van der Waals surface area contributed by atoms with Crippen LogP contribution in [0.3, 0.4) is 0 Å². The van der Waals surface area contributed by atoms with Crippen LogP contribution in [-0.2, 0) is 0 Å². The molecule has 1 N–H and O–H groups in total. The Morgan fingerprint density at radius 2 is 1.80 bits per heavy atom. The quantitative estimate of drug-likeness (QED) is 0.811. The highest BCUT2D eigenvalue weighted by Crippen LogP contribution is 2.23. The molecule has 0 aliphatic heterocycles. The van der Waals surface area contributed by atoms with E-state index in [4.69, 9.17) is 9.47 Å². The summed E-state index contributed by atoms with van der Waals surface area (Å²) in [6, 6.07) is 14.1. The maximum absolute atomic E-state index is 5.81. The van der Waals surface area contributed by atoms with Gasteiger partial charge in [-0.05, 0) is 43.2 Å². The summed E-state index contributed by atoms with van der Waals surface area (Å²) in [5, 5.41) is 3.32. The van der Waals surface area contributed by atoms with Gasteiger partial charge < -0.3 is 14.8 Å². The number of benzene rings is 2. The number of hydrogen-bond acceptors (Lipinski definition) is 3. The molecular formula is C17H21NO2. The second kappa shape index (κ2) is 6.85. The zero-order valence-corrected chi connectivity index (χ0v) is 12.3. The zero-order chi connectivity index (χ0) is 14.4. The molecule has 0 fully saturated rings. The Kier molecular flexibility index (Phi) is 4.88. The van der Waals surface area contributed by atoms with E-state index in [1.807, 2.05) is 24.3 Å². The molecule has 0 saturated heterocycles. The van der Waals surface area contributed by atoms with Gasteiger partial charge in [0, 0.05) is 6.54 Å². The molecule has 0 saturated carbocycles. The first-order valence-corrected chi connectivity index (χ1v) is 6.77. The molecule has 0 radical (unpaired) electrons. The summed E-state index contributed by atoms with van der Waals surface area (Å²) >= 11 is 0. The monoisotopic (exact) mass is 271 g/mol. The van der Waals surface area contributed by atoms with Crippen molar-refractivity contribution in [3.63, 3.8) is 0 Å². The molecule has 2 aromatic carbocycles. The average Bonchev–Trinajstić information content (AvgIpc) is 2.47. The van der Waals surface area contributed by atoms with Crippen LogP contribution in [0, 0.1) is 13.8 Å². The molecule has 0 unspecified atom stereocenters. The van der Waals surface area contributed by atoms with E-state index in [2.05, 4.69) is 37.4 Å². The van der Waals surface area contributed by atoms with Gasteiger partial charge in [0.2, 0.25) is 0 Å². The first-order valence-electron chi connectivity index (χ1n) is 6.77. The smallest absolute Gasteiger partial charge is 0.141 e. The highest BCUT2D eigenvalue weighted by molar-refractivity contribution is 5.56. The Hall–Kier alpha value is -2.16. The lowest BCUT2D eigenvalue weighted by Crippen LogP contribution is -2.12. The van der Waals surface area contributed by atoms with Crippen LogP contribution in [0.1, 0.15) is 11.1 Å². The van der Waals surface area contributed by atoms with Crippen molar-refractivity contribution in [2.24, 2.45) is 0 Å². The molecule has 0 atom stereocenters. The first kappa shape index (κ1) is 14.3. The van der Waals surface area contributed by atoms with Gasteiger partial charge in [0.25, 0.3) is 0 Å². The third-order valence-electron chi connectivity index (χ3n) is 3.13. The Bertz CT molecular complexity index is 567. The van der Waals surface area contributed by atoms with E-state index in [1.165, 1.54) is 5.56 Å². The van der Waals surface area contributed by atoms with E-state index in [-0.39, 0.29) is 0 Å². The van der Waals surface area contributed by atoms with Crippen LogP contribution in [0.5, 0.6) is 11.5 Å². The van der Waals surface area contributed by atoms with Gasteiger partial charge in [-0.2, -0.15) is 0 Å². The van der Waals surface area contributed by atoms with Crippen molar-refractivity contribution in [2.75, 3.05) is 25.6 Å². The SMILES string of the molecule is COc1ccccc1NCCOc1cc(C)ccc1C. The molecule has 2 aromatic rings. The van der Waals surface area contributed by atoms with Gasteiger partial charge in [-0.25, -0.2) is 0 Å². The number of para-hydroxylation sites is 2. The number of anilines is 1. The van der Waals surface area contributed by atoms with E-state index in [0.717, 1.165) is 29.3 Å². The van der Waals surface area contributed by atoms with Crippen LogP contribution < -0.4 is 14.8 Å². The molecular weight excluding hydrogens is 250 g/mol. The van der Waals surface area contributed by atoms with Crippen LogP contribution in [0.4, 0.5) is 5.69 Å². The predicted molar refractivity (Wildman–Crippen MR) is 82.9 cm³/mol. The van der Waals surface area contributed by atoms with Crippen molar-refractivity contribution in [2.45, 2.75) is 13.8 Å². The molecule has 3 heteroatoms. The summed E-state index contributed by atoms with van der Waals surface area (Å²) in [5.41, 5.74) is 3.36. The first-order chi connectivity index (χ1) is 9.70. The summed E-state index contributed by atoms with van der Waals surface area (Å²) in [7, 11) is 1.67. The number of hydrogen-bond donors (Lipinski definition) is 1. The summed E-state index contributed by atoms with van der Waals surface area (Å²) < 4.78 is 11.1. The predicted octanol–water partition coefficient (Wildman–Crippen LogP) is 3.80. The number of methoxy groups -OCH3 is 1. The fraction of sp³-hybridized carbons (Fsp3) is 0.294. The van der Waals surface area contributed by atoms with Gasteiger partial charge in [-0.15, -0.1) is 0 Å². The van der Waals surface area contributed by atoms with Gasteiger partial charge >= 0.3 is 0 Å². The summed E-state index contributed by atoms with van der Waals surface area (Å²) in [4.78, 5) is 0. The zero-order valence-electron chi connectivity index (χ0n) is 12.3. The molecule has 0 bridgehead atoms. The van der Waals surface area contributed by atoms with Crippen LogP contribution >= 0.6 is 0 Å². The lowest BCUT2D eigenvalue weighted by molar-refractivity contribution is 0.330. The third kappa shape index (κ3) is 3.67. The Balaban J connectivity index is 1.86. The Morgan fingerprint density at radius 3 is 2.60 bits per heavy atom. The minimum Gasteiger partial charge on any atom is -0.495 e. The summed E-state index contributed by atoms with van der Waals surface area (Å²) in [5.74, 6) is 1.80. The standard InChI is InChI=1S/C17H21NO2/c1-13-8-9-14(2)17(12-13)20-11-10-18-15-6-4-5-7-16(15)19-3/h4-9,12,18H,10-11H2,1-3H3. The van der Waals surface area contributed by atoms with E-state index in [9.17, 15) is 0 Å². The number of nitrogens with one attached hydrogen (secondary N) is 1. The van der Waals surface area contributed by atoms with E-state index < -0.39 is 0 Å². The second-order valence-electron chi connectivity index (χ2n) is 4.74. The molecule has 0 spiro atoms. The minimum atomic E-state index is 0.613. The molecule has 20 heavy (non-hydrogen) atoms. The maximum atomic E-state index is 5.81. The van der Waals surface area contributed by atoms with Gasteiger partial charge in [0.1, 0.15) is 18.1 Å². The second-order valence-corrected chi connectivity index (χ2v) is 4.74. The molecule has 3 nitrogen and oxygen atoms in total. The van der Waals surface area contributed by atoms with Gasteiger partial charge in [-0.1, -0.05) is 24.3 Å². The summed E-state index contributed by atoms with van der Waals surface area (Å²) in [6.07, 6.45) is 0. The minimum absolute atomic E-state index is 0.613. The molecule has 106 valence electrons. The van der Waals surface area contributed by atoms with Crippen molar-refractivity contribution in [1.82, 2.24) is 0 Å². The third-order valence-corrected chi connectivity index (χ3v) is 3.13. The van der Waals surface area contributed by atoms with Crippen molar-refractivity contribution in [3.8, 4) is 11.5 Å². The number of rotatable bonds is 6. The molecule has 0 aliphatic rings. The molecule has 0 heterocycles. The van der Waals surface area contributed by atoms with Gasteiger partial charge in [0.15, 0.2) is 0 Å². The van der Waals surface area contributed by atoms with Crippen LogP contribution in [0.25, 0.3) is 0 Å². The van der Waals surface area contributed by atoms with Crippen molar-refractivity contribution < 1.29 is 9.47 Å². The van der Waals surface area contributed by atoms with Gasteiger partial charge in [0.05, 0.1) is 12.8 Å². The molecule has 0 aromatic heterocycles. The number of aryl methyl sites for hydroxylation is 2. The van der Waals surface area contributed by atoms with E-state index in [0.29, 0.717) is 6.61 Å². The summed E-state index contributed by atoms with van der Waals surface area (Å²) in [6.45, 7) is 5.47. The highest BCUT2D eigenvalue weighted by Gasteiger charge is 2.02. The highest BCUT2D eigenvalue weighted by atomic mass is 16.5. The molecule has 2 rings (SSSR count).